The van der Waals surface area contributed by atoms with Crippen molar-refractivity contribution in [1.29, 1.82) is 0 Å². The monoisotopic (exact) mass is 349 g/mol. The summed E-state index contributed by atoms with van der Waals surface area (Å²) >= 11 is 0. The average molecular weight is 349 g/mol. The van der Waals surface area contributed by atoms with E-state index in [-0.39, 0.29) is 40.3 Å². The molecule has 0 atom stereocenters. The number of halogens is 1. The highest BCUT2D eigenvalue weighted by molar-refractivity contribution is 5.88. The normalized spacial score (nSPS) is 17.8. The van der Waals surface area contributed by atoms with Gasteiger partial charge in [-0.2, -0.15) is 4.57 Å². The van der Waals surface area contributed by atoms with E-state index in [9.17, 15) is 29.0 Å². The van der Waals surface area contributed by atoms with Crippen molar-refractivity contribution in [2.75, 3.05) is 18.0 Å². The Morgan fingerprint density at radius 2 is 1.92 bits per heavy atom. The summed E-state index contributed by atoms with van der Waals surface area (Å²) in [5, 5.41) is 18.6. The number of benzene rings is 1. The Morgan fingerprint density at radius 1 is 1.28 bits per heavy atom. The van der Waals surface area contributed by atoms with Gasteiger partial charge in [0.25, 0.3) is 5.56 Å². The number of carbonyl (C=O) groups is 1. The molecule has 132 valence electrons. The van der Waals surface area contributed by atoms with E-state index in [2.05, 4.69) is 0 Å². The van der Waals surface area contributed by atoms with Gasteiger partial charge in [0, 0.05) is 24.7 Å². The quantitative estimate of drug-likeness (QED) is 0.825. The second-order valence-electron chi connectivity index (χ2n) is 6.59. The summed E-state index contributed by atoms with van der Waals surface area (Å²) in [6.07, 6.45) is -0.831. The molecule has 0 spiro atoms. The molecule has 1 aliphatic carbocycles. The highest BCUT2D eigenvalue weighted by Gasteiger charge is 2.34. The van der Waals surface area contributed by atoms with Crippen LogP contribution >= 0.6 is 0 Å². The van der Waals surface area contributed by atoms with Gasteiger partial charge >= 0.3 is 11.8 Å². The molecule has 1 aromatic carbocycles. The Labute approximate surface area is 140 Å². The van der Waals surface area contributed by atoms with Crippen molar-refractivity contribution in [2.45, 2.75) is 31.9 Å². The van der Waals surface area contributed by atoms with Crippen LogP contribution in [0.25, 0.3) is 10.9 Å². The predicted molar refractivity (Wildman–Crippen MR) is 87.1 cm³/mol. The zero-order chi connectivity index (χ0) is 18.0. The minimum absolute atomic E-state index is 0.131. The van der Waals surface area contributed by atoms with Gasteiger partial charge in [-0.1, -0.05) is 0 Å². The fourth-order valence-corrected chi connectivity index (χ4v) is 3.51. The number of hydrogen-bond donors (Lipinski definition) is 2. The van der Waals surface area contributed by atoms with Crippen LogP contribution in [0.15, 0.2) is 15.7 Å². The number of rotatable bonds is 2. The van der Waals surface area contributed by atoms with Gasteiger partial charge in [0.15, 0.2) is 0 Å². The molecule has 9 heteroatoms. The first kappa shape index (κ1) is 15.8. The third-order valence-electron chi connectivity index (χ3n) is 4.82. The number of β-amino-alcohol motifs (C(OH)–C–C–N with tert-alkyl or cyclic N) is 1. The Kier molecular flexibility index (Phi) is 3.26. The summed E-state index contributed by atoms with van der Waals surface area (Å²) in [7, 11) is 0. The molecular formula is C16H16FN3O5. The fourth-order valence-electron chi connectivity index (χ4n) is 3.51. The summed E-state index contributed by atoms with van der Waals surface area (Å²) in [6, 6.07) is 0.794. The number of hydrogen-bond acceptors (Lipinski definition) is 5. The number of fused-ring (bicyclic) bond motifs is 1. The van der Waals surface area contributed by atoms with E-state index in [1.807, 2.05) is 0 Å². The Bertz CT molecular complexity index is 1030. The Hall–Kier alpha value is -2.68. The van der Waals surface area contributed by atoms with Gasteiger partial charge in [0.2, 0.25) is 0 Å². The van der Waals surface area contributed by atoms with Crippen LogP contribution in [0.1, 0.15) is 24.4 Å². The molecule has 25 heavy (non-hydrogen) atoms. The molecule has 2 heterocycles. The summed E-state index contributed by atoms with van der Waals surface area (Å²) in [5.41, 5.74) is -1.05. The van der Waals surface area contributed by atoms with E-state index in [0.717, 1.165) is 6.07 Å². The lowest BCUT2D eigenvalue weighted by Crippen LogP contribution is -2.51. The standard InChI is InChI=1S/C16H16FN3O5/c1-7-12-10(4-11(17)13(7)18-5-9(21)6-18)14(22)20(16(24)25)15(23)19(12)8-2-3-8/h4,8-9,21H,2-3,5-6H2,1H3,(H,24,25). The second kappa shape index (κ2) is 5.16. The molecular weight excluding hydrogens is 333 g/mol. The van der Waals surface area contributed by atoms with E-state index in [4.69, 9.17) is 0 Å². The minimum Gasteiger partial charge on any atom is -0.464 e. The van der Waals surface area contributed by atoms with E-state index in [1.54, 1.807) is 11.8 Å². The summed E-state index contributed by atoms with van der Waals surface area (Å²) in [4.78, 5) is 38.0. The third kappa shape index (κ3) is 2.19. The lowest BCUT2D eigenvalue weighted by atomic mass is 10.0. The van der Waals surface area contributed by atoms with Gasteiger partial charge in [0.05, 0.1) is 22.7 Å². The molecule has 0 radical (unpaired) electrons. The summed E-state index contributed by atoms with van der Waals surface area (Å²) < 4.78 is 16.1. The first-order valence-electron chi connectivity index (χ1n) is 7.98. The van der Waals surface area contributed by atoms with Gasteiger partial charge in [0.1, 0.15) is 5.82 Å². The van der Waals surface area contributed by atoms with Crippen molar-refractivity contribution in [2.24, 2.45) is 0 Å². The number of carboxylic acid groups (broad SMARTS) is 1. The Morgan fingerprint density at radius 3 is 2.44 bits per heavy atom. The molecule has 1 saturated heterocycles. The molecule has 2 fully saturated rings. The molecule has 2 N–H and O–H groups in total. The van der Waals surface area contributed by atoms with Crippen LogP contribution in [0.4, 0.5) is 14.9 Å². The van der Waals surface area contributed by atoms with Crippen molar-refractivity contribution in [3.05, 3.63) is 38.3 Å². The molecule has 1 aliphatic heterocycles. The molecule has 2 aromatic rings. The lowest BCUT2D eigenvalue weighted by Gasteiger charge is -2.39. The highest BCUT2D eigenvalue weighted by atomic mass is 19.1. The first-order valence-corrected chi connectivity index (χ1v) is 7.98. The lowest BCUT2D eigenvalue weighted by molar-refractivity contribution is 0.141. The zero-order valence-electron chi connectivity index (χ0n) is 13.4. The number of aromatic nitrogens is 2. The van der Waals surface area contributed by atoms with E-state index < -0.39 is 29.3 Å². The average Bonchev–Trinajstić information content (AvgIpc) is 3.31. The van der Waals surface area contributed by atoms with Crippen molar-refractivity contribution in [3.8, 4) is 0 Å². The molecule has 2 aliphatic rings. The molecule has 8 nitrogen and oxygen atoms in total. The maximum Gasteiger partial charge on any atom is 0.422 e. The van der Waals surface area contributed by atoms with Gasteiger partial charge in [-0.3, -0.25) is 9.36 Å². The predicted octanol–water partition coefficient (Wildman–Crippen LogP) is 0.653. The maximum atomic E-state index is 14.6. The van der Waals surface area contributed by atoms with Crippen LogP contribution in [0, 0.1) is 12.7 Å². The molecule has 0 amide bonds. The van der Waals surface area contributed by atoms with Gasteiger partial charge in [-0.25, -0.2) is 14.0 Å². The van der Waals surface area contributed by atoms with Crippen molar-refractivity contribution >= 4 is 22.7 Å². The number of aliphatic hydroxyl groups is 1. The molecule has 0 unspecified atom stereocenters. The number of aliphatic hydroxyl groups excluding tert-OH is 1. The summed E-state index contributed by atoms with van der Waals surface area (Å²) in [5.74, 6) is -0.674. The number of aryl methyl sites for hydroxylation is 1. The second-order valence-corrected chi connectivity index (χ2v) is 6.59. The van der Waals surface area contributed by atoms with Crippen molar-refractivity contribution in [1.82, 2.24) is 9.13 Å². The SMILES string of the molecule is Cc1c(N2CC(O)C2)c(F)cc2c(=O)n(C(=O)O)c(=O)n(C3CC3)c12. The van der Waals surface area contributed by atoms with Gasteiger partial charge < -0.3 is 15.1 Å². The molecule has 0 bridgehead atoms. The largest absolute Gasteiger partial charge is 0.464 e. The smallest absolute Gasteiger partial charge is 0.422 e. The van der Waals surface area contributed by atoms with Crippen LogP contribution in [0.5, 0.6) is 0 Å². The topological polar surface area (TPSA) is 105 Å². The minimum atomic E-state index is -1.68. The molecule has 4 rings (SSSR count). The highest BCUT2D eigenvalue weighted by Crippen LogP contribution is 2.39. The molecule has 1 saturated carbocycles. The first-order chi connectivity index (χ1) is 11.8. The Balaban J connectivity index is 2.11. The number of anilines is 1. The molecule has 1 aromatic heterocycles. The zero-order valence-corrected chi connectivity index (χ0v) is 13.4. The van der Waals surface area contributed by atoms with Crippen LogP contribution < -0.4 is 16.1 Å². The van der Waals surface area contributed by atoms with Crippen molar-refractivity contribution in [3.63, 3.8) is 0 Å². The van der Waals surface area contributed by atoms with E-state index in [1.165, 1.54) is 4.57 Å². The maximum absolute atomic E-state index is 14.6. The fraction of sp³-hybridized carbons (Fsp3) is 0.438. The van der Waals surface area contributed by atoms with Gasteiger partial charge in [-0.05, 0) is 25.8 Å². The van der Waals surface area contributed by atoms with E-state index >= 15 is 0 Å². The van der Waals surface area contributed by atoms with E-state index in [0.29, 0.717) is 18.4 Å². The third-order valence-corrected chi connectivity index (χ3v) is 4.82. The van der Waals surface area contributed by atoms with Crippen LogP contribution in [-0.4, -0.2) is 44.6 Å². The van der Waals surface area contributed by atoms with Crippen LogP contribution in [-0.2, 0) is 0 Å². The number of nitrogens with zero attached hydrogens (tertiary/aromatic N) is 3. The van der Waals surface area contributed by atoms with Crippen LogP contribution in [0.2, 0.25) is 0 Å². The van der Waals surface area contributed by atoms with Crippen LogP contribution in [0.3, 0.4) is 0 Å². The van der Waals surface area contributed by atoms with Crippen molar-refractivity contribution < 1.29 is 19.4 Å². The summed E-state index contributed by atoms with van der Waals surface area (Å²) in [6.45, 7) is 2.14. The van der Waals surface area contributed by atoms with Gasteiger partial charge in [-0.15, -0.1) is 0 Å².